The Balaban J connectivity index is 1.85. The molecule has 0 unspecified atom stereocenters. The van der Waals surface area contributed by atoms with Gasteiger partial charge in [-0.25, -0.2) is 0 Å². The zero-order chi connectivity index (χ0) is 11.6. The van der Waals surface area contributed by atoms with Crippen LogP contribution in [0.3, 0.4) is 0 Å². The van der Waals surface area contributed by atoms with Gasteiger partial charge in [0.15, 0.2) is 0 Å². The number of rotatable bonds is 9. The van der Waals surface area contributed by atoms with Crippen LogP contribution in [0.5, 0.6) is 0 Å². The summed E-state index contributed by atoms with van der Waals surface area (Å²) in [5, 5.41) is 3.65. The Bertz CT molecular complexity index is 158. The minimum Gasteiger partial charge on any atom is -0.385 e. The van der Waals surface area contributed by atoms with Crippen molar-refractivity contribution in [3.8, 4) is 0 Å². The van der Waals surface area contributed by atoms with Crippen LogP contribution in [-0.2, 0) is 4.74 Å². The lowest BCUT2D eigenvalue weighted by Crippen LogP contribution is -2.30. The first-order chi connectivity index (χ1) is 7.83. The number of hydrogen-bond acceptors (Lipinski definition) is 3. The van der Waals surface area contributed by atoms with Gasteiger partial charge >= 0.3 is 0 Å². The fourth-order valence-corrected chi connectivity index (χ4v) is 2.38. The maximum absolute atomic E-state index is 5.05. The predicted octanol–water partition coefficient (Wildman–Crippen LogP) is 1.88. The highest BCUT2D eigenvalue weighted by molar-refractivity contribution is 4.73. The van der Waals surface area contributed by atoms with E-state index in [9.17, 15) is 0 Å². The Morgan fingerprint density at radius 1 is 1.19 bits per heavy atom. The van der Waals surface area contributed by atoms with Crippen molar-refractivity contribution in [2.45, 2.75) is 44.6 Å². The second-order valence-corrected chi connectivity index (χ2v) is 4.94. The lowest BCUT2D eigenvalue weighted by Gasteiger charge is -2.17. The third kappa shape index (κ3) is 6.46. The standard InChI is InChI=1S/C13H28N2O/c1-15(11-6-12-16-2)10-5-9-14-13-7-3-4-8-13/h13-14H,3-12H2,1-2H3. The Hall–Kier alpha value is -0.120. The first-order valence-electron chi connectivity index (χ1n) is 6.74. The zero-order valence-electron chi connectivity index (χ0n) is 11.0. The summed E-state index contributed by atoms with van der Waals surface area (Å²) in [5.74, 6) is 0. The molecule has 0 aromatic rings. The van der Waals surface area contributed by atoms with Crippen molar-refractivity contribution in [1.29, 1.82) is 0 Å². The molecule has 0 aromatic heterocycles. The highest BCUT2D eigenvalue weighted by Gasteiger charge is 2.13. The van der Waals surface area contributed by atoms with E-state index < -0.39 is 0 Å². The molecule has 0 heterocycles. The summed E-state index contributed by atoms with van der Waals surface area (Å²) in [6.45, 7) is 4.41. The second-order valence-electron chi connectivity index (χ2n) is 4.94. The topological polar surface area (TPSA) is 24.5 Å². The van der Waals surface area contributed by atoms with Gasteiger partial charge in [-0.15, -0.1) is 0 Å². The van der Waals surface area contributed by atoms with Crippen LogP contribution in [-0.4, -0.2) is 51.3 Å². The monoisotopic (exact) mass is 228 g/mol. The maximum atomic E-state index is 5.05. The Kier molecular flexibility index (Phi) is 7.81. The molecular formula is C13H28N2O. The minimum absolute atomic E-state index is 0.818. The Labute approximate surface area is 101 Å². The molecule has 0 spiro atoms. The first kappa shape index (κ1) is 13.9. The van der Waals surface area contributed by atoms with Crippen LogP contribution in [0.4, 0.5) is 0 Å². The summed E-state index contributed by atoms with van der Waals surface area (Å²) in [6, 6.07) is 0.818. The minimum atomic E-state index is 0.818. The molecule has 0 saturated heterocycles. The maximum Gasteiger partial charge on any atom is 0.0474 e. The highest BCUT2D eigenvalue weighted by Crippen LogP contribution is 2.17. The average molecular weight is 228 g/mol. The lowest BCUT2D eigenvalue weighted by atomic mass is 10.2. The number of hydrogen-bond donors (Lipinski definition) is 1. The predicted molar refractivity (Wildman–Crippen MR) is 68.9 cm³/mol. The number of methoxy groups -OCH3 is 1. The van der Waals surface area contributed by atoms with Crippen molar-refractivity contribution in [3.63, 3.8) is 0 Å². The highest BCUT2D eigenvalue weighted by atomic mass is 16.5. The van der Waals surface area contributed by atoms with E-state index in [1.807, 2.05) is 0 Å². The van der Waals surface area contributed by atoms with Gasteiger partial charge in [-0.1, -0.05) is 12.8 Å². The van der Waals surface area contributed by atoms with E-state index in [1.54, 1.807) is 7.11 Å². The molecule has 1 fully saturated rings. The van der Waals surface area contributed by atoms with Crippen molar-refractivity contribution in [2.24, 2.45) is 0 Å². The molecule has 3 nitrogen and oxygen atoms in total. The molecule has 1 aliphatic carbocycles. The summed E-state index contributed by atoms with van der Waals surface area (Å²) in [6.07, 6.45) is 8.04. The van der Waals surface area contributed by atoms with Crippen molar-refractivity contribution >= 4 is 0 Å². The van der Waals surface area contributed by atoms with Gasteiger partial charge in [0, 0.05) is 26.3 Å². The van der Waals surface area contributed by atoms with E-state index in [0.29, 0.717) is 0 Å². The summed E-state index contributed by atoms with van der Waals surface area (Å²) >= 11 is 0. The molecule has 0 amide bonds. The van der Waals surface area contributed by atoms with Gasteiger partial charge in [-0.05, 0) is 45.8 Å². The molecule has 1 N–H and O–H groups in total. The largest absolute Gasteiger partial charge is 0.385 e. The molecule has 96 valence electrons. The molecular weight excluding hydrogens is 200 g/mol. The number of nitrogens with one attached hydrogen (secondary N) is 1. The van der Waals surface area contributed by atoms with E-state index in [-0.39, 0.29) is 0 Å². The van der Waals surface area contributed by atoms with Crippen molar-refractivity contribution < 1.29 is 4.74 Å². The van der Waals surface area contributed by atoms with Gasteiger partial charge < -0.3 is 15.0 Å². The second kappa shape index (κ2) is 8.97. The van der Waals surface area contributed by atoms with Gasteiger partial charge in [-0.2, -0.15) is 0 Å². The van der Waals surface area contributed by atoms with Crippen LogP contribution < -0.4 is 5.32 Å². The van der Waals surface area contributed by atoms with Crippen LogP contribution in [0, 0.1) is 0 Å². The van der Waals surface area contributed by atoms with Gasteiger partial charge in [0.05, 0.1) is 0 Å². The van der Waals surface area contributed by atoms with Crippen LogP contribution in [0.25, 0.3) is 0 Å². The quantitative estimate of drug-likeness (QED) is 0.610. The van der Waals surface area contributed by atoms with E-state index in [4.69, 9.17) is 4.74 Å². The lowest BCUT2D eigenvalue weighted by molar-refractivity contribution is 0.179. The van der Waals surface area contributed by atoms with Crippen LogP contribution in [0.2, 0.25) is 0 Å². The van der Waals surface area contributed by atoms with Gasteiger partial charge in [0.1, 0.15) is 0 Å². The Morgan fingerprint density at radius 3 is 2.56 bits per heavy atom. The molecule has 0 aliphatic heterocycles. The van der Waals surface area contributed by atoms with Gasteiger partial charge in [0.25, 0.3) is 0 Å². The molecule has 1 aliphatic rings. The molecule has 0 aromatic carbocycles. The SMILES string of the molecule is COCCCN(C)CCCNC1CCCC1. The molecule has 16 heavy (non-hydrogen) atoms. The molecule has 0 bridgehead atoms. The molecule has 1 saturated carbocycles. The molecule has 1 rings (SSSR count). The summed E-state index contributed by atoms with van der Waals surface area (Å²) in [7, 11) is 3.97. The smallest absolute Gasteiger partial charge is 0.0474 e. The zero-order valence-corrected chi connectivity index (χ0v) is 11.0. The summed E-state index contributed by atoms with van der Waals surface area (Å²) in [4.78, 5) is 2.40. The fraction of sp³-hybridized carbons (Fsp3) is 1.00. The van der Waals surface area contributed by atoms with E-state index in [1.165, 1.54) is 45.2 Å². The summed E-state index contributed by atoms with van der Waals surface area (Å²) < 4.78 is 5.05. The third-order valence-electron chi connectivity index (χ3n) is 3.39. The van der Waals surface area contributed by atoms with E-state index >= 15 is 0 Å². The molecule has 3 heteroatoms. The average Bonchev–Trinajstić information content (AvgIpc) is 2.78. The Morgan fingerprint density at radius 2 is 1.88 bits per heavy atom. The normalized spacial score (nSPS) is 17.4. The number of ether oxygens (including phenoxy) is 1. The van der Waals surface area contributed by atoms with Crippen LogP contribution >= 0.6 is 0 Å². The van der Waals surface area contributed by atoms with Gasteiger partial charge in [-0.3, -0.25) is 0 Å². The van der Waals surface area contributed by atoms with E-state index in [0.717, 1.165) is 25.6 Å². The summed E-state index contributed by atoms with van der Waals surface area (Å²) in [5.41, 5.74) is 0. The van der Waals surface area contributed by atoms with Crippen LogP contribution in [0.1, 0.15) is 38.5 Å². The van der Waals surface area contributed by atoms with Crippen molar-refractivity contribution in [2.75, 3.05) is 40.4 Å². The van der Waals surface area contributed by atoms with Crippen LogP contribution in [0.15, 0.2) is 0 Å². The van der Waals surface area contributed by atoms with Gasteiger partial charge in [0.2, 0.25) is 0 Å². The fourth-order valence-electron chi connectivity index (χ4n) is 2.38. The molecule has 0 radical (unpaired) electrons. The van der Waals surface area contributed by atoms with Crippen molar-refractivity contribution in [3.05, 3.63) is 0 Å². The number of nitrogens with zero attached hydrogens (tertiary/aromatic N) is 1. The first-order valence-corrected chi connectivity index (χ1v) is 6.74. The van der Waals surface area contributed by atoms with E-state index in [2.05, 4.69) is 17.3 Å². The van der Waals surface area contributed by atoms with Crippen molar-refractivity contribution in [1.82, 2.24) is 10.2 Å². The molecule has 0 atom stereocenters. The third-order valence-corrected chi connectivity index (χ3v) is 3.39.